The number of hydrogen-bond acceptors (Lipinski definition) is 3. The molecule has 0 saturated heterocycles. The van der Waals surface area contributed by atoms with E-state index in [9.17, 15) is 4.79 Å². The fourth-order valence-corrected chi connectivity index (χ4v) is 1.77. The fourth-order valence-electron chi connectivity index (χ4n) is 1.77. The van der Waals surface area contributed by atoms with Crippen LogP contribution in [0.3, 0.4) is 0 Å². The standard InChI is InChI=1S/C15H24N2O2/c1-4-5-13-6-8-14(9-7-13)16-15(19)10-17(3)12(2)11-18/h6-9,12,18H,4-5,10-11H2,1-3H3,(H,16,19). The minimum absolute atomic E-state index is 0.0160. The minimum Gasteiger partial charge on any atom is -0.395 e. The van der Waals surface area contributed by atoms with Crippen LogP contribution < -0.4 is 5.32 Å². The molecule has 1 amide bonds. The fraction of sp³-hybridized carbons (Fsp3) is 0.533. The lowest BCUT2D eigenvalue weighted by Crippen LogP contribution is -2.38. The molecule has 0 saturated carbocycles. The summed E-state index contributed by atoms with van der Waals surface area (Å²) in [5.41, 5.74) is 2.10. The van der Waals surface area contributed by atoms with Gasteiger partial charge < -0.3 is 10.4 Å². The van der Waals surface area contributed by atoms with Gasteiger partial charge in [-0.2, -0.15) is 0 Å². The van der Waals surface area contributed by atoms with Crippen LogP contribution in [0.1, 0.15) is 25.8 Å². The number of hydrogen-bond donors (Lipinski definition) is 2. The monoisotopic (exact) mass is 264 g/mol. The van der Waals surface area contributed by atoms with Gasteiger partial charge in [0.15, 0.2) is 0 Å². The van der Waals surface area contributed by atoms with Crippen LogP contribution in [-0.4, -0.2) is 42.2 Å². The van der Waals surface area contributed by atoms with Gasteiger partial charge in [0.25, 0.3) is 0 Å². The number of carbonyl (C=O) groups is 1. The Labute approximate surface area is 115 Å². The quantitative estimate of drug-likeness (QED) is 0.790. The number of amides is 1. The van der Waals surface area contributed by atoms with Crippen LogP contribution in [0.15, 0.2) is 24.3 Å². The summed E-state index contributed by atoms with van der Waals surface area (Å²) in [5, 5.41) is 11.9. The normalized spacial score (nSPS) is 12.5. The number of nitrogens with one attached hydrogen (secondary N) is 1. The molecule has 0 aromatic heterocycles. The Morgan fingerprint density at radius 2 is 2.00 bits per heavy atom. The van der Waals surface area contributed by atoms with Crippen molar-refractivity contribution in [3.63, 3.8) is 0 Å². The van der Waals surface area contributed by atoms with E-state index in [1.54, 1.807) is 0 Å². The van der Waals surface area contributed by atoms with Crippen molar-refractivity contribution < 1.29 is 9.90 Å². The molecule has 0 bridgehead atoms. The maximum atomic E-state index is 11.8. The van der Waals surface area contributed by atoms with Gasteiger partial charge in [-0.15, -0.1) is 0 Å². The number of benzene rings is 1. The van der Waals surface area contributed by atoms with E-state index in [1.807, 2.05) is 43.1 Å². The number of likely N-dealkylation sites (N-methyl/N-ethyl adjacent to an activating group) is 1. The van der Waals surface area contributed by atoms with Gasteiger partial charge in [-0.3, -0.25) is 9.69 Å². The SMILES string of the molecule is CCCc1ccc(NC(=O)CN(C)C(C)CO)cc1. The molecule has 0 aliphatic carbocycles. The Bertz CT molecular complexity index is 390. The Balaban J connectivity index is 2.48. The zero-order valence-electron chi connectivity index (χ0n) is 12.0. The highest BCUT2D eigenvalue weighted by Gasteiger charge is 2.12. The zero-order chi connectivity index (χ0) is 14.3. The van der Waals surface area contributed by atoms with Crippen molar-refractivity contribution >= 4 is 11.6 Å². The number of carbonyl (C=O) groups excluding carboxylic acids is 1. The van der Waals surface area contributed by atoms with E-state index >= 15 is 0 Å². The van der Waals surface area contributed by atoms with Crippen LogP contribution >= 0.6 is 0 Å². The molecule has 1 atom stereocenters. The second-order valence-corrected chi connectivity index (χ2v) is 4.94. The van der Waals surface area contributed by atoms with Gasteiger partial charge in [0.1, 0.15) is 0 Å². The van der Waals surface area contributed by atoms with Gasteiger partial charge >= 0.3 is 0 Å². The van der Waals surface area contributed by atoms with Crippen molar-refractivity contribution in [1.82, 2.24) is 4.90 Å². The Kier molecular flexibility index (Phi) is 6.53. The van der Waals surface area contributed by atoms with Crippen molar-refractivity contribution in [2.75, 3.05) is 25.5 Å². The molecule has 19 heavy (non-hydrogen) atoms. The van der Waals surface area contributed by atoms with Crippen LogP contribution in [0.4, 0.5) is 5.69 Å². The molecular weight excluding hydrogens is 240 g/mol. The highest BCUT2D eigenvalue weighted by atomic mass is 16.3. The van der Waals surface area contributed by atoms with Crippen LogP contribution in [0, 0.1) is 0 Å². The zero-order valence-corrected chi connectivity index (χ0v) is 12.0. The maximum Gasteiger partial charge on any atom is 0.238 e. The molecule has 1 aromatic rings. The van der Waals surface area contributed by atoms with Gasteiger partial charge in [-0.05, 0) is 38.1 Å². The highest BCUT2D eigenvalue weighted by molar-refractivity contribution is 5.92. The summed E-state index contributed by atoms with van der Waals surface area (Å²) in [6.45, 7) is 4.36. The molecule has 0 aliphatic heterocycles. The number of aryl methyl sites for hydroxylation is 1. The Hall–Kier alpha value is -1.39. The predicted octanol–water partition coefficient (Wildman–Crippen LogP) is 1.89. The molecule has 0 spiro atoms. The summed E-state index contributed by atoms with van der Waals surface area (Å²) in [6, 6.07) is 7.92. The number of aliphatic hydroxyl groups is 1. The average Bonchev–Trinajstić information content (AvgIpc) is 2.40. The highest BCUT2D eigenvalue weighted by Crippen LogP contribution is 2.11. The van der Waals surface area contributed by atoms with E-state index in [0.717, 1.165) is 18.5 Å². The van der Waals surface area contributed by atoms with Crippen LogP contribution in [0.2, 0.25) is 0 Å². The Morgan fingerprint density at radius 3 is 2.53 bits per heavy atom. The first-order valence-corrected chi connectivity index (χ1v) is 6.76. The number of anilines is 1. The molecular formula is C15H24N2O2. The third-order valence-electron chi connectivity index (χ3n) is 3.19. The van der Waals surface area contributed by atoms with E-state index in [2.05, 4.69) is 12.2 Å². The molecule has 0 fully saturated rings. The van der Waals surface area contributed by atoms with Crippen molar-refractivity contribution in [3.05, 3.63) is 29.8 Å². The summed E-state index contributed by atoms with van der Waals surface area (Å²) in [5.74, 6) is -0.0639. The molecule has 106 valence electrons. The third-order valence-corrected chi connectivity index (χ3v) is 3.19. The van der Waals surface area contributed by atoms with Crippen LogP contribution in [0.5, 0.6) is 0 Å². The largest absolute Gasteiger partial charge is 0.395 e. The maximum absolute atomic E-state index is 11.8. The predicted molar refractivity (Wildman–Crippen MR) is 78.2 cm³/mol. The van der Waals surface area contributed by atoms with Gasteiger partial charge in [0.05, 0.1) is 13.2 Å². The average molecular weight is 264 g/mol. The van der Waals surface area contributed by atoms with Gasteiger partial charge in [0.2, 0.25) is 5.91 Å². The molecule has 0 heterocycles. The van der Waals surface area contributed by atoms with E-state index in [4.69, 9.17) is 5.11 Å². The molecule has 2 N–H and O–H groups in total. The van der Waals surface area contributed by atoms with Gasteiger partial charge in [-0.1, -0.05) is 25.5 Å². The number of rotatable bonds is 7. The molecule has 1 unspecified atom stereocenters. The molecule has 0 aliphatic rings. The van der Waals surface area contributed by atoms with E-state index < -0.39 is 0 Å². The number of aliphatic hydroxyl groups excluding tert-OH is 1. The molecule has 0 radical (unpaired) electrons. The van der Waals surface area contributed by atoms with Crippen molar-refractivity contribution in [2.45, 2.75) is 32.7 Å². The van der Waals surface area contributed by atoms with E-state index in [-0.39, 0.29) is 25.1 Å². The van der Waals surface area contributed by atoms with E-state index in [1.165, 1.54) is 5.56 Å². The van der Waals surface area contributed by atoms with Gasteiger partial charge in [0, 0.05) is 11.7 Å². The summed E-state index contributed by atoms with van der Waals surface area (Å²) in [6.07, 6.45) is 2.18. The van der Waals surface area contributed by atoms with Crippen LogP contribution in [-0.2, 0) is 11.2 Å². The molecule has 1 rings (SSSR count). The molecule has 4 nitrogen and oxygen atoms in total. The summed E-state index contributed by atoms with van der Waals surface area (Å²) >= 11 is 0. The van der Waals surface area contributed by atoms with Crippen molar-refractivity contribution in [1.29, 1.82) is 0 Å². The topological polar surface area (TPSA) is 52.6 Å². The summed E-state index contributed by atoms with van der Waals surface area (Å²) in [7, 11) is 1.82. The number of nitrogens with zero attached hydrogens (tertiary/aromatic N) is 1. The van der Waals surface area contributed by atoms with E-state index in [0.29, 0.717) is 0 Å². The second kappa shape index (κ2) is 7.92. The lowest BCUT2D eigenvalue weighted by molar-refractivity contribution is -0.117. The molecule has 4 heteroatoms. The third kappa shape index (κ3) is 5.41. The lowest BCUT2D eigenvalue weighted by Gasteiger charge is -2.21. The van der Waals surface area contributed by atoms with Crippen molar-refractivity contribution in [3.8, 4) is 0 Å². The smallest absolute Gasteiger partial charge is 0.238 e. The van der Waals surface area contributed by atoms with Crippen molar-refractivity contribution in [2.24, 2.45) is 0 Å². The Morgan fingerprint density at radius 1 is 1.37 bits per heavy atom. The summed E-state index contributed by atoms with van der Waals surface area (Å²) in [4.78, 5) is 13.6. The van der Waals surface area contributed by atoms with Gasteiger partial charge in [-0.25, -0.2) is 0 Å². The minimum atomic E-state index is -0.0639. The first-order chi connectivity index (χ1) is 9.06. The first-order valence-electron chi connectivity index (χ1n) is 6.76. The first kappa shape index (κ1) is 15.7. The lowest BCUT2D eigenvalue weighted by atomic mass is 10.1. The summed E-state index contributed by atoms with van der Waals surface area (Å²) < 4.78 is 0. The second-order valence-electron chi connectivity index (χ2n) is 4.94. The molecule has 1 aromatic carbocycles. The van der Waals surface area contributed by atoms with Crippen LogP contribution in [0.25, 0.3) is 0 Å².